The fourth-order valence-corrected chi connectivity index (χ4v) is 1.23. The minimum atomic E-state index is 0.170. The zero-order valence-corrected chi connectivity index (χ0v) is 8.41. The normalized spacial score (nSPS) is 15.7. The van der Waals surface area contributed by atoms with Crippen LogP contribution >= 0.6 is 0 Å². The Kier molecular flexibility index (Phi) is 8.33. The smallest absolute Gasteiger partial charge is 0.0163 e. The van der Waals surface area contributed by atoms with E-state index < -0.39 is 0 Å². The molecule has 0 saturated carbocycles. The molecule has 0 heterocycles. The summed E-state index contributed by atoms with van der Waals surface area (Å²) in [4.78, 5) is 0. The van der Waals surface area contributed by atoms with Gasteiger partial charge in [0, 0.05) is 25.2 Å². The minimum Gasteiger partial charge on any atom is -0.329 e. The number of unbranched alkanes of at least 4 members (excludes halogenated alkanes) is 2. The Bertz CT molecular complexity index is 95.8. The van der Waals surface area contributed by atoms with Gasteiger partial charge in [0.1, 0.15) is 0 Å². The van der Waals surface area contributed by atoms with Crippen molar-refractivity contribution in [3.05, 3.63) is 0 Å². The van der Waals surface area contributed by atoms with Gasteiger partial charge in [0.25, 0.3) is 0 Å². The zero-order chi connectivity index (χ0) is 10.1. The first-order chi connectivity index (χ1) is 6.20. The quantitative estimate of drug-likeness (QED) is 0.386. The second-order valence-corrected chi connectivity index (χ2v) is 3.63. The van der Waals surface area contributed by atoms with E-state index in [1.54, 1.807) is 0 Å². The Hall–Kier alpha value is -0.160. The number of hydrogen-bond acceptors (Lipinski definition) is 4. The van der Waals surface area contributed by atoms with Crippen molar-refractivity contribution in [1.82, 2.24) is 0 Å². The lowest BCUT2D eigenvalue weighted by molar-refractivity contribution is 0.519. The summed E-state index contributed by atoms with van der Waals surface area (Å²) in [6.45, 7) is 1.17. The zero-order valence-electron chi connectivity index (χ0n) is 8.41. The summed E-state index contributed by atoms with van der Waals surface area (Å²) in [6, 6.07) is 0.339. The molecular weight excluding hydrogens is 164 g/mol. The summed E-state index contributed by atoms with van der Waals surface area (Å²) in [5.74, 6) is 0. The molecule has 0 radical (unpaired) electrons. The van der Waals surface area contributed by atoms with Crippen LogP contribution in [0.15, 0.2) is 0 Å². The molecule has 2 atom stereocenters. The monoisotopic (exact) mass is 188 g/mol. The Morgan fingerprint density at radius 1 is 0.692 bits per heavy atom. The maximum Gasteiger partial charge on any atom is 0.0163 e. The van der Waals surface area contributed by atoms with Gasteiger partial charge in [-0.1, -0.05) is 19.3 Å². The van der Waals surface area contributed by atoms with E-state index in [1.807, 2.05) is 0 Å². The predicted molar refractivity (Wildman–Crippen MR) is 57.1 cm³/mol. The average molecular weight is 188 g/mol. The summed E-state index contributed by atoms with van der Waals surface area (Å²) >= 11 is 0. The van der Waals surface area contributed by atoms with Crippen LogP contribution in [-0.2, 0) is 0 Å². The van der Waals surface area contributed by atoms with Gasteiger partial charge in [-0.05, 0) is 12.8 Å². The van der Waals surface area contributed by atoms with Crippen molar-refractivity contribution in [2.24, 2.45) is 22.9 Å². The summed E-state index contributed by atoms with van der Waals surface area (Å²) in [7, 11) is 0. The fraction of sp³-hybridized carbons (Fsp3) is 1.00. The largest absolute Gasteiger partial charge is 0.329 e. The molecule has 0 aliphatic carbocycles. The van der Waals surface area contributed by atoms with Crippen LogP contribution in [0.25, 0.3) is 0 Å². The molecule has 0 aromatic rings. The van der Waals surface area contributed by atoms with Crippen LogP contribution in [-0.4, -0.2) is 25.2 Å². The minimum absolute atomic E-state index is 0.170. The van der Waals surface area contributed by atoms with Gasteiger partial charge in [0.05, 0.1) is 0 Å². The van der Waals surface area contributed by atoms with Gasteiger partial charge in [0.15, 0.2) is 0 Å². The summed E-state index contributed by atoms with van der Waals surface area (Å²) < 4.78 is 0. The van der Waals surface area contributed by atoms with E-state index in [0.717, 1.165) is 25.7 Å². The lowest BCUT2D eigenvalue weighted by atomic mass is 10.1. The van der Waals surface area contributed by atoms with Crippen LogP contribution in [0, 0.1) is 0 Å². The lowest BCUT2D eigenvalue weighted by Gasteiger charge is -2.09. The summed E-state index contributed by atoms with van der Waals surface area (Å²) in [6.07, 6.45) is 5.52. The number of nitrogens with two attached hydrogens (primary N) is 4. The molecule has 0 aliphatic heterocycles. The van der Waals surface area contributed by atoms with E-state index >= 15 is 0 Å². The molecule has 13 heavy (non-hydrogen) atoms. The van der Waals surface area contributed by atoms with Gasteiger partial charge in [0.2, 0.25) is 0 Å². The topological polar surface area (TPSA) is 104 Å². The maximum absolute atomic E-state index is 5.67. The van der Waals surface area contributed by atoms with E-state index in [-0.39, 0.29) is 12.1 Å². The van der Waals surface area contributed by atoms with Crippen molar-refractivity contribution >= 4 is 0 Å². The van der Waals surface area contributed by atoms with E-state index in [0.29, 0.717) is 13.1 Å². The van der Waals surface area contributed by atoms with Crippen LogP contribution in [0.3, 0.4) is 0 Å². The maximum atomic E-state index is 5.67. The van der Waals surface area contributed by atoms with E-state index in [2.05, 4.69) is 0 Å². The summed E-state index contributed by atoms with van der Waals surface area (Å²) in [5.41, 5.74) is 22.1. The molecule has 0 spiro atoms. The van der Waals surface area contributed by atoms with Crippen molar-refractivity contribution in [1.29, 1.82) is 0 Å². The van der Waals surface area contributed by atoms with Crippen LogP contribution in [0.4, 0.5) is 0 Å². The highest BCUT2D eigenvalue weighted by atomic mass is 14.7. The van der Waals surface area contributed by atoms with Gasteiger partial charge in [-0.2, -0.15) is 0 Å². The van der Waals surface area contributed by atoms with E-state index in [9.17, 15) is 0 Å². The van der Waals surface area contributed by atoms with Crippen LogP contribution in [0.1, 0.15) is 32.1 Å². The first-order valence-corrected chi connectivity index (χ1v) is 5.12. The SMILES string of the molecule is NCC(N)CCCCCC(N)CN. The third kappa shape index (κ3) is 8.18. The molecule has 4 heteroatoms. The van der Waals surface area contributed by atoms with Gasteiger partial charge in [-0.15, -0.1) is 0 Å². The highest BCUT2D eigenvalue weighted by molar-refractivity contribution is 4.63. The lowest BCUT2D eigenvalue weighted by Crippen LogP contribution is -2.30. The molecular formula is C9H24N4. The number of rotatable bonds is 8. The molecule has 0 bridgehead atoms. The van der Waals surface area contributed by atoms with Crippen molar-refractivity contribution in [2.75, 3.05) is 13.1 Å². The molecule has 80 valence electrons. The Morgan fingerprint density at radius 2 is 1.08 bits per heavy atom. The standard InChI is InChI=1S/C9H24N4/c10-6-8(12)4-2-1-3-5-9(13)7-11/h8-9H,1-7,10-13H2. The molecule has 2 unspecified atom stereocenters. The predicted octanol–water partition coefficient (Wildman–Crippen LogP) is -0.491. The number of hydrogen-bond donors (Lipinski definition) is 4. The molecule has 0 fully saturated rings. The molecule has 0 amide bonds. The molecule has 0 aromatic heterocycles. The first kappa shape index (κ1) is 12.8. The van der Waals surface area contributed by atoms with Crippen LogP contribution < -0.4 is 22.9 Å². The molecule has 8 N–H and O–H groups in total. The third-order valence-electron chi connectivity index (χ3n) is 2.26. The van der Waals surface area contributed by atoms with E-state index in [4.69, 9.17) is 22.9 Å². The van der Waals surface area contributed by atoms with Crippen molar-refractivity contribution in [2.45, 2.75) is 44.2 Å². The molecule has 0 aliphatic rings. The Balaban J connectivity index is 3.08. The van der Waals surface area contributed by atoms with Crippen LogP contribution in [0.2, 0.25) is 0 Å². The Labute approximate surface area is 81.0 Å². The van der Waals surface area contributed by atoms with Crippen molar-refractivity contribution in [3.63, 3.8) is 0 Å². The molecule has 4 nitrogen and oxygen atoms in total. The Morgan fingerprint density at radius 3 is 1.38 bits per heavy atom. The third-order valence-corrected chi connectivity index (χ3v) is 2.26. The van der Waals surface area contributed by atoms with Gasteiger partial charge in [-0.3, -0.25) is 0 Å². The van der Waals surface area contributed by atoms with Crippen molar-refractivity contribution < 1.29 is 0 Å². The van der Waals surface area contributed by atoms with Gasteiger partial charge >= 0.3 is 0 Å². The average Bonchev–Trinajstić information content (AvgIpc) is 2.16. The first-order valence-electron chi connectivity index (χ1n) is 5.12. The van der Waals surface area contributed by atoms with Gasteiger partial charge < -0.3 is 22.9 Å². The second-order valence-electron chi connectivity index (χ2n) is 3.63. The fourth-order valence-electron chi connectivity index (χ4n) is 1.23. The molecule has 0 saturated heterocycles. The second kappa shape index (κ2) is 8.44. The molecule has 0 aromatic carbocycles. The molecule has 0 rings (SSSR count). The summed E-state index contributed by atoms with van der Waals surface area (Å²) in [5, 5.41) is 0. The van der Waals surface area contributed by atoms with Crippen LogP contribution in [0.5, 0.6) is 0 Å². The highest BCUT2D eigenvalue weighted by Gasteiger charge is 2.00. The highest BCUT2D eigenvalue weighted by Crippen LogP contribution is 2.05. The van der Waals surface area contributed by atoms with Gasteiger partial charge in [-0.25, -0.2) is 0 Å². The van der Waals surface area contributed by atoms with Crippen molar-refractivity contribution in [3.8, 4) is 0 Å². The van der Waals surface area contributed by atoms with E-state index in [1.165, 1.54) is 6.42 Å².